The number of amides is 1. The van der Waals surface area contributed by atoms with E-state index in [0.717, 1.165) is 0 Å². The van der Waals surface area contributed by atoms with Crippen molar-refractivity contribution in [1.82, 2.24) is 5.32 Å². The fourth-order valence-corrected chi connectivity index (χ4v) is 2.50. The average Bonchev–Trinajstić information content (AvgIpc) is 2.60. The van der Waals surface area contributed by atoms with E-state index in [1.807, 2.05) is 0 Å². The molecule has 1 amide bonds. The number of ether oxygens (including phenoxy) is 3. The number of carbonyl (C=O) groups excluding carboxylic acids is 1. The van der Waals surface area contributed by atoms with Gasteiger partial charge in [-0.15, -0.1) is 0 Å². The van der Waals surface area contributed by atoms with Crippen molar-refractivity contribution in [2.45, 2.75) is 26.7 Å². The molecule has 0 unspecified atom stereocenters. The maximum Gasteiger partial charge on any atom is 0.311 e. The van der Waals surface area contributed by atoms with Gasteiger partial charge in [0.25, 0.3) is 5.91 Å². The van der Waals surface area contributed by atoms with Gasteiger partial charge in [0.1, 0.15) is 0 Å². The Morgan fingerprint density at radius 3 is 2.04 bits per heavy atom. The molecule has 2 N–H and O–H groups in total. The van der Waals surface area contributed by atoms with Crippen molar-refractivity contribution >= 4 is 11.9 Å². The molecule has 0 bridgehead atoms. The lowest BCUT2D eigenvalue weighted by Crippen LogP contribution is -2.42. The number of nitrogens with one attached hydrogen (secondary N) is 1. The summed E-state index contributed by atoms with van der Waals surface area (Å²) >= 11 is 0. The number of carboxylic acid groups (broad SMARTS) is 1. The van der Waals surface area contributed by atoms with Gasteiger partial charge in [0.15, 0.2) is 11.5 Å². The van der Waals surface area contributed by atoms with Crippen molar-refractivity contribution in [3.05, 3.63) is 17.7 Å². The van der Waals surface area contributed by atoms with E-state index in [1.54, 1.807) is 26.0 Å². The first kappa shape index (κ1) is 19.6. The summed E-state index contributed by atoms with van der Waals surface area (Å²) in [6, 6.07) is 3.15. The minimum atomic E-state index is -0.987. The average molecular weight is 339 g/mol. The third-order valence-electron chi connectivity index (χ3n) is 4.34. The zero-order valence-corrected chi connectivity index (χ0v) is 14.8. The number of hydrogen-bond donors (Lipinski definition) is 2. The van der Waals surface area contributed by atoms with Gasteiger partial charge in [0.05, 0.1) is 32.3 Å². The van der Waals surface area contributed by atoms with Crippen molar-refractivity contribution in [3.8, 4) is 17.2 Å². The van der Waals surface area contributed by atoms with Gasteiger partial charge in [-0.3, -0.25) is 9.59 Å². The van der Waals surface area contributed by atoms with Crippen molar-refractivity contribution < 1.29 is 28.9 Å². The minimum absolute atomic E-state index is 0.0334. The molecule has 7 nitrogen and oxygen atoms in total. The summed E-state index contributed by atoms with van der Waals surface area (Å²) in [5, 5.41) is 12.1. The van der Waals surface area contributed by atoms with E-state index in [1.165, 1.54) is 21.3 Å². The maximum absolute atomic E-state index is 12.5. The molecule has 0 radical (unpaired) electrons. The number of carbonyl (C=O) groups is 2. The van der Waals surface area contributed by atoms with Crippen LogP contribution in [-0.2, 0) is 4.79 Å². The molecule has 1 aromatic rings. The summed E-state index contributed by atoms with van der Waals surface area (Å²) in [5.41, 5.74) is -0.735. The lowest BCUT2D eigenvalue weighted by Gasteiger charge is -2.27. The van der Waals surface area contributed by atoms with E-state index >= 15 is 0 Å². The van der Waals surface area contributed by atoms with Crippen molar-refractivity contribution in [1.29, 1.82) is 0 Å². The van der Waals surface area contributed by atoms with Crippen LogP contribution in [0.15, 0.2) is 12.1 Å². The fourth-order valence-electron chi connectivity index (χ4n) is 2.50. The van der Waals surface area contributed by atoms with Crippen LogP contribution in [0.2, 0.25) is 0 Å². The Kier molecular flexibility index (Phi) is 6.88. The van der Waals surface area contributed by atoms with Crippen LogP contribution in [0, 0.1) is 5.41 Å². The standard InChI is InChI=1S/C17H25NO6/c1-6-17(7-2,16(20)21)10-18-15(19)11-8-9-12(22-3)14(24-5)13(11)23-4/h8-9H,6-7,10H2,1-5H3,(H,18,19)(H,20,21). The van der Waals surface area contributed by atoms with Gasteiger partial charge >= 0.3 is 5.97 Å². The molecule has 1 aromatic carbocycles. The molecule has 0 aliphatic carbocycles. The van der Waals surface area contributed by atoms with Crippen LogP contribution in [0.1, 0.15) is 37.0 Å². The Hall–Kier alpha value is -2.44. The van der Waals surface area contributed by atoms with Gasteiger partial charge in [0, 0.05) is 6.54 Å². The second-order valence-corrected chi connectivity index (χ2v) is 5.36. The molecular weight excluding hydrogens is 314 g/mol. The van der Waals surface area contributed by atoms with E-state index in [-0.39, 0.29) is 17.9 Å². The SMILES string of the molecule is CCC(CC)(CNC(=O)c1ccc(OC)c(OC)c1OC)C(=O)O. The molecular formula is C17H25NO6. The molecule has 1 rings (SSSR count). The molecule has 0 heterocycles. The van der Waals surface area contributed by atoms with E-state index < -0.39 is 17.3 Å². The smallest absolute Gasteiger partial charge is 0.311 e. The summed E-state index contributed by atoms with van der Waals surface area (Å²) < 4.78 is 15.7. The van der Waals surface area contributed by atoms with E-state index in [4.69, 9.17) is 14.2 Å². The summed E-state index contributed by atoms with van der Waals surface area (Å²) in [5.74, 6) is -0.369. The first-order valence-corrected chi connectivity index (χ1v) is 7.71. The van der Waals surface area contributed by atoms with Crippen LogP contribution in [0.4, 0.5) is 0 Å². The predicted octanol–water partition coefficient (Wildman–Crippen LogP) is 2.33. The van der Waals surface area contributed by atoms with Gasteiger partial charge in [-0.05, 0) is 25.0 Å². The lowest BCUT2D eigenvalue weighted by atomic mass is 9.82. The van der Waals surface area contributed by atoms with Gasteiger partial charge in [-0.1, -0.05) is 13.8 Å². The normalized spacial score (nSPS) is 10.9. The fraction of sp³-hybridized carbons (Fsp3) is 0.529. The second-order valence-electron chi connectivity index (χ2n) is 5.36. The highest BCUT2D eigenvalue weighted by atomic mass is 16.5. The topological polar surface area (TPSA) is 94.1 Å². The van der Waals surface area contributed by atoms with Crippen LogP contribution in [0.3, 0.4) is 0 Å². The molecule has 7 heteroatoms. The van der Waals surface area contributed by atoms with Crippen molar-refractivity contribution in [2.24, 2.45) is 5.41 Å². The molecule has 0 atom stereocenters. The van der Waals surface area contributed by atoms with E-state index in [9.17, 15) is 14.7 Å². The molecule has 134 valence electrons. The van der Waals surface area contributed by atoms with Crippen molar-refractivity contribution in [2.75, 3.05) is 27.9 Å². The minimum Gasteiger partial charge on any atom is -0.493 e. The number of aliphatic carboxylic acids is 1. The first-order valence-electron chi connectivity index (χ1n) is 7.71. The molecule has 0 spiro atoms. The highest BCUT2D eigenvalue weighted by Gasteiger charge is 2.35. The predicted molar refractivity (Wildman–Crippen MR) is 89.1 cm³/mol. The Balaban J connectivity index is 3.10. The summed E-state index contributed by atoms with van der Waals surface area (Å²) in [4.78, 5) is 24.0. The molecule has 0 fully saturated rings. The first-order chi connectivity index (χ1) is 11.4. The Morgan fingerprint density at radius 2 is 1.62 bits per heavy atom. The molecule has 0 aromatic heterocycles. The van der Waals surface area contributed by atoms with Gasteiger partial charge in [-0.2, -0.15) is 0 Å². The maximum atomic E-state index is 12.5. The van der Waals surface area contributed by atoms with E-state index in [2.05, 4.69) is 5.32 Å². The van der Waals surface area contributed by atoms with Crippen LogP contribution in [0.25, 0.3) is 0 Å². The molecule has 0 saturated carbocycles. The number of hydrogen-bond acceptors (Lipinski definition) is 5. The highest BCUT2D eigenvalue weighted by Crippen LogP contribution is 2.39. The molecule has 24 heavy (non-hydrogen) atoms. The molecule has 0 aliphatic heterocycles. The Morgan fingerprint density at radius 1 is 1.04 bits per heavy atom. The van der Waals surface area contributed by atoms with Crippen LogP contribution >= 0.6 is 0 Å². The van der Waals surface area contributed by atoms with Crippen LogP contribution in [-0.4, -0.2) is 44.9 Å². The van der Waals surface area contributed by atoms with Crippen LogP contribution in [0.5, 0.6) is 17.2 Å². The highest BCUT2D eigenvalue weighted by molar-refractivity contribution is 5.98. The Bertz CT molecular complexity index is 595. The number of rotatable bonds is 9. The van der Waals surface area contributed by atoms with E-state index in [0.29, 0.717) is 24.3 Å². The molecule has 0 saturated heterocycles. The third-order valence-corrected chi connectivity index (χ3v) is 4.34. The third kappa shape index (κ3) is 3.72. The number of benzene rings is 1. The van der Waals surface area contributed by atoms with Gasteiger partial charge in [0.2, 0.25) is 5.75 Å². The summed E-state index contributed by atoms with van der Waals surface area (Å²) in [6.07, 6.45) is 0.838. The Labute approximate surface area is 141 Å². The second kappa shape index (κ2) is 8.42. The largest absolute Gasteiger partial charge is 0.493 e. The lowest BCUT2D eigenvalue weighted by molar-refractivity contribution is -0.149. The van der Waals surface area contributed by atoms with Gasteiger partial charge in [-0.25, -0.2) is 0 Å². The van der Waals surface area contributed by atoms with Crippen molar-refractivity contribution in [3.63, 3.8) is 0 Å². The zero-order chi connectivity index (χ0) is 18.3. The summed E-state index contributed by atoms with van der Waals surface area (Å²) in [7, 11) is 4.36. The molecule has 0 aliphatic rings. The summed E-state index contributed by atoms with van der Waals surface area (Å²) in [6.45, 7) is 3.62. The van der Waals surface area contributed by atoms with Crippen LogP contribution < -0.4 is 19.5 Å². The number of carboxylic acids is 1. The monoisotopic (exact) mass is 339 g/mol. The number of methoxy groups -OCH3 is 3. The van der Waals surface area contributed by atoms with Gasteiger partial charge < -0.3 is 24.6 Å². The zero-order valence-electron chi connectivity index (χ0n) is 14.8. The quantitative estimate of drug-likeness (QED) is 0.717.